The van der Waals surface area contributed by atoms with E-state index in [9.17, 15) is 0 Å². The maximum Gasteiger partial charge on any atom is 2.00 e. The van der Waals surface area contributed by atoms with Gasteiger partial charge in [0.1, 0.15) is 0 Å². The Morgan fingerprint density at radius 1 is 0.422 bits per heavy atom. The van der Waals surface area contributed by atoms with Gasteiger partial charge in [-0.25, -0.2) is 0 Å². The van der Waals surface area contributed by atoms with Crippen LogP contribution in [0.5, 0.6) is 0 Å². The molecule has 4 aromatic rings. The van der Waals surface area contributed by atoms with E-state index >= 15 is 0 Å². The zero-order valence-electron chi connectivity index (χ0n) is 27.2. The Balaban J connectivity index is 0.000000495. The second-order valence-electron chi connectivity index (χ2n) is 10.6. The minimum Gasteiger partial charge on any atom is -0.343 e. The van der Waals surface area contributed by atoms with Gasteiger partial charge in [-0.3, -0.25) is 0 Å². The summed E-state index contributed by atoms with van der Waals surface area (Å²) in [6, 6.07) is 44.2. The standard InChI is InChI=1S/C26H24P2.2C8H15.Pt/c1-5-13-23(14-6-1)27(24-15-7-2-8-16-24)21-22-28(25-17-9-3-10-18-25)26-19-11-4-12-20-26;2*1-3-5-7-8-6-4-2;/h1-20H,21-22H2;2*3H,1-2,4-8H2;/q;2*-1;+2. The molecule has 0 heterocycles. The summed E-state index contributed by atoms with van der Waals surface area (Å²) < 4.78 is 0. The molecule has 4 aromatic carbocycles. The zero-order chi connectivity index (χ0) is 31.5. The third-order valence-corrected chi connectivity index (χ3v) is 12.5. The van der Waals surface area contributed by atoms with E-state index in [0.717, 1.165) is 12.8 Å². The van der Waals surface area contributed by atoms with Crippen molar-refractivity contribution in [1.82, 2.24) is 0 Å². The van der Waals surface area contributed by atoms with Gasteiger partial charge in [-0.1, -0.05) is 159 Å². The third-order valence-electron chi connectivity index (χ3n) is 7.14. The van der Waals surface area contributed by atoms with E-state index in [1.165, 1.54) is 84.9 Å². The summed E-state index contributed by atoms with van der Waals surface area (Å²) >= 11 is 0. The van der Waals surface area contributed by atoms with Gasteiger partial charge in [0.15, 0.2) is 0 Å². The first-order valence-corrected chi connectivity index (χ1v) is 19.4. The van der Waals surface area contributed by atoms with E-state index in [1.807, 2.05) is 12.2 Å². The van der Waals surface area contributed by atoms with E-state index in [0.29, 0.717) is 0 Å². The first kappa shape index (κ1) is 40.9. The van der Waals surface area contributed by atoms with Crippen molar-refractivity contribution in [3.8, 4) is 0 Å². The Labute approximate surface area is 293 Å². The summed E-state index contributed by atoms with van der Waals surface area (Å²) in [5.41, 5.74) is 0. The minimum atomic E-state index is -0.348. The van der Waals surface area contributed by atoms with Crippen molar-refractivity contribution in [3.63, 3.8) is 0 Å². The number of hydrogen-bond acceptors (Lipinski definition) is 0. The van der Waals surface area contributed by atoms with Crippen LogP contribution in [-0.4, -0.2) is 12.3 Å². The van der Waals surface area contributed by atoms with Crippen molar-refractivity contribution in [2.24, 2.45) is 0 Å². The van der Waals surface area contributed by atoms with Gasteiger partial charge in [0.2, 0.25) is 0 Å². The second kappa shape index (κ2) is 28.2. The van der Waals surface area contributed by atoms with Crippen LogP contribution >= 0.6 is 15.8 Å². The van der Waals surface area contributed by atoms with Crippen LogP contribution in [0, 0.1) is 13.8 Å². The predicted molar refractivity (Wildman–Crippen MR) is 205 cm³/mol. The fourth-order valence-electron chi connectivity index (χ4n) is 4.73. The van der Waals surface area contributed by atoms with Crippen molar-refractivity contribution in [3.05, 3.63) is 160 Å². The molecular formula is C42H54P2Pt. The molecule has 45 heavy (non-hydrogen) atoms. The second-order valence-corrected chi connectivity index (χ2v) is 15.3. The first-order valence-electron chi connectivity index (χ1n) is 16.3. The molecule has 0 spiro atoms. The van der Waals surface area contributed by atoms with Crippen molar-refractivity contribution in [2.45, 2.75) is 64.2 Å². The Morgan fingerprint density at radius 3 is 0.911 bits per heavy atom. The number of benzene rings is 4. The summed E-state index contributed by atoms with van der Waals surface area (Å²) in [4.78, 5) is 0. The SMILES string of the molecule is C=CCCCCC[CH2-].C=CCCCCC[CH2-].[Pt+2].c1ccc(P(CCP(c2ccccc2)c2ccccc2)c2ccccc2)cc1. The summed E-state index contributed by atoms with van der Waals surface area (Å²) in [6.45, 7) is 14.8. The predicted octanol–water partition coefficient (Wildman–Crippen LogP) is 11.2. The summed E-state index contributed by atoms with van der Waals surface area (Å²) in [5.74, 6) is 0. The number of hydrogen-bond donors (Lipinski definition) is 0. The molecule has 0 bridgehead atoms. The van der Waals surface area contributed by atoms with Gasteiger partial charge in [-0.05, 0) is 75.1 Å². The molecule has 0 aliphatic rings. The topological polar surface area (TPSA) is 0 Å². The molecule has 0 fully saturated rings. The quantitative estimate of drug-likeness (QED) is 0.0431. The Morgan fingerprint density at radius 2 is 0.689 bits per heavy atom. The normalized spacial score (nSPS) is 10.1. The molecule has 0 amide bonds. The maximum absolute atomic E-state index is 3.76. The van der Waals surface area contributed by atoms with Gasteiger partial charge in [-0.15, -0.1) is 13.2 Å². The molecule has 3 heteroatoms. The maximum atomic E-state index is 3.76. The van der Waals surface area contributed by atoms with Crippen LogP contribution in [-0.2, 0) is 21.1 Å². The van der Waals surface area contributed by atoms with Crippen molar-refractivity contribution >= 4 is 37.1 Å². The molecule has 0 saturated carbocycles. The van der Waals surface area contributed by atoms with Gasteiger partial charge < -0.3 is 13.8 Å². The monoisotopic (exact) mass is 815 g/mol. The molecule has 0 unspecified atom stereocenters. The van der Waals surface area contributed by atoms with Crippen molar-refractivity contribution in [2.75, 3.05) is 12.3 Å². The van der Waals surface area contributed by atoms with Gasteiger partial charge in [-0.2, -0.15) is 12.8 Å². The molecule has 0 nitrogen and oxygen atoms in total. The van der Waals surface area contributed by atoms with E-state index < -0.39 is 0 Å². The van der Waals surface area contributed by atoms with Crippen molar-refractivity contribution in [1.29, 1.82) is 0 Å². The fourth-order valence-corrected chi connectivity index (χ4v) is 10.1. The summed E-state index contributed by atoms with van der Waals surface area (Å²) in [5, 5.41) is 5.89. The molecule has 0 aliphatic heterocycles. The van der Waals surface area contributed by atoms with E-state index in [-0.39, 0.29) is 36.9 Å². The summed E-state index contributed by atoms with van der Waals surface area (Å²) in [6.07, 6.45) is 18.6. The zero-order valence-corrected chi connectivity index (χ0v) is 31.3. The van der Waals surface area contributed by atoms with Gasteiger partial charge in [0.25, 0.3) is 0 Å². The molecule has 242 valence electrons. The molecule has 0 saturated heterocycles. The van der Waals surface area contributed by atoms with Crippen molar-refractivity contribution < 1.29 is 21.1 Å². The smallest absolute Gasteiger partial charge is 0.343 e. The average molecular weight is 816 g/mol. The van der Waals surface area contributed by atoms with Crippen LogP contribution in [0.15, 0.2) is 147 Å². The Bertz CT molecular complexity index is 1030. The molecule has 0 aromatic heterocycles. The minimum absolute atomic E-state index is 0. The van der Waals surface area contributed by atoms with Crippen LogP contribution in [0.1, 0.15) is 64.2 Å². The summed E-state index contributed by atoms with van der Waals surface area (Å²) in [7, 11) is -0.696. The fraction of sp³-hybridized carbons (Fsp3) is 0.286. The first-order chi connectivity index (χ1) is 21.7. The molecule has 0 N–H and O–H groups in total. The largest absolute Gasteiger partial charge is 2.00 e. The average Bonchev–Trinajstić information content (AvgIpc) is 3.09. The molecule has 0 radical (unpaired) electrons. The van der Waals surface area contributed by atoms with Crippen LogP contribution in [0.4, 0.5) is 0 Å². The number of rotatable bonds is 17. The van der Waals surface area contributed by atoms with Gasteiger partial charge >= 0.3 is 21.1 Å². The molecule has 4 rings (SSSR count). The van der Waals surface area contributed by atoms with Gasteiger partial charge in [0, 0.05) is 0 Å². The van der Waals surface area contributed by atoms with Gasteiger partial charge in [0.05, 0.1) is 0 Å². The van der Waals surface area contributed by atoms with Crippen LogP contribution in [0.2, 0.25) is 0 Å². The van der Waals surface area contributed by atoms with Crippen LogP contribution < -0.4 is 21.2 Å². The number of unbranched alkanes of at least 4 members (excludes halogenated alkanes) is 8. The molecule has 0 atom stereocenters. The van der Waals surface area contributed by atoms with E-state index in [4.69, 9.17) is 0 Å². The Hall–Kier alpha value is -2.09. The Kier molecular flexibility index (Phi) is 25.6. The van der Waals surface area contributed by atoms with Crippen LogP contribution in [0.25, 0.3) is 0 Å². The van der Waals surface area contributed by atoms with E-state index in [2.05, 4.69) is 148 Å². The third kappa shape index (κ3) is 18.0. The molecule has 0 aliphatic carbocycles. The number of allylic oxidation sites excluding steroid dienone is 2. The van der Waals surface area contributed by atoms with E-state index in [1.54, 1.807) is 0 Å². The molecular weight excluding hydrogens is 761 g/mol. The van der Waals surface area contributed by atoms with Crippen LogP contribution in [0.3, 0.4) is 0 Å².